The molecule has 0 radical (unpaired) electrons. The standard InChI is InChI=1S/C47H81N2O6P/c1-6-8-10-12-14-16-18-20-22-24-26-28-30-32-34-36-38-40-46(50)45(44-55-56(52,53)54-43-42-49(3,4)5)48-47(51)41-39-37-35-33-31-29-27-25-23-21-19-17-15-13-11-9-7-2/h9,11,15,17,21-24,27,29-30,32-33,35,38,40,45-46,50H,6-8,10,12-14,16,18-20,25-26,28,31,34,36-37,39,41-44H2,1-5H3,(H-,48,51,52,53)/b11-9-,17-15-,23-21-,24-22+,29-27-,32-30+,35-33-,40-38+. The largest absolute Gasteiger partial charge is 0.756 e. The number of aliphatic hydroxyl groups is 1. The Morgan fingerprint density at radius 3 is 1.66 bits per heavy atom. The molecule has 0 fully saturated rings. The minimum absolute atomic E-state index is 0.0252. The molecule has 0 bridgehead atoms. The Kier molecular flexibility index (Phi) is 36.2. The lowest BCUT2D eigenvalue weighted by molar-refractivity contribution is -0.870. The van der Waals surface area contributed by atoms with E-state index in [1.807, 2.05) is 27.2 Å². The van der Waals surface area contributed by atoms with Crippen LogP contribution in [0.2, 0.25) is 0 Å². The first kappa shape index (κ1) is 53.4. The first-order valence-corrected chi connectivity index (χ1v) is 23.1. The van der Waals surface area contributed by atoms with Gasteiger partial charge in [-0.05, 0) is 83.5 Å². The average Bonchev–Trinajstić information content (AvgIpc) is 3.15. The average molecular weight is 801 g/mol. The molecule has 0 heterocycles. The molecule has 56 heavy (non-hydrogen) atoms. The first-order chi connectivity index (χ1) is 27.0. The van der Waals surface area contributed by atoms with E-state index in [4.69, 9.17) is 9.05 Å². The first-order valence-electron chi connectivity index (χ1n) is 21.6. The van der Waals surface area contributed by atoms with E-state index in [0.29, 0.717) is 23.9 Å². The van der Waals surface area contributed by atoms with Gasteiger partial charge in [0.1, 0.15) is 13.2 Å². The summed E-state index contributed by atoms with van der Waals surface area (Å²) in [5, 5.41) is 13.7. The maximum Gasteiger partial charge on any atom is 0.268 e. The van der Waals surface area contributed by atoms with E-state index in [0.717, 1.165) is 64.2 Å². The number of allylic oxidation sites excluding steroid dienone is 15. The molecule has 0 saturated heterocycles. The van der Waals surface area contributed by atoms with Crippen molar-refractivity contribution >= 4 is 13.7 Å². The summed E-state index contributed by atoms with van der Waals surface area (Å²) in [6.07, 6.45) is 53.2. The van der Waals surface area contributed by atoms with Gasteiger partial charge in [-0.25, -0.2) is 0 Å². The fourth-order valence-electron chi connectivity index (χ4n) is 5.33. The van der Waals surface area contributed by atoms with Crippen LogP contribution in [0.1, 0.15) is 142 Å². The molecule has 0 aliphatic rings. The highest BCUT2D eigenvalue weighted by Gasteiger charge is 2.23. The maximum atomic E-state index is 12.8. The SMILES string of the molecule is CC/C=C\C/C=C\C/C=C\C/C=C\C/C=C\CCCC(=O)NC(COP(=O)([O-])OCC[N+](C)(C)C)C(O)/C=C/CC/C=C/CC/C=C/CCCCCCCCC. The molecule has 9 heteroatoms. The Hall–Kier alpha value is -2.58. The molecule has 1 amide bonds. The molecule has 0 spiro atoms. The molecule has 3 atom stereocenters. The van der Waals surface area contributed by atoms with Crippen molar-refractivity contribution in [1.29, 1.82) is 0 Å². The van der Waals surface area contributed by atoms with E-state index < -0.39 is 26.6 Å². The quantitative estimate of drug-likeness (QED) is 0.0280. The predicted molar refractivity (Wildman–Crippen MR) is 237 cm³/mol. The van der Waals surface area contributed by atoms with Crippen LogP contribution in [-0.2, 0) is 18.4 Å². The predicted octanol–water partition coefficient (Wildman–Crippen LogP) is 11.3. The van der Waals surface area contributed by atoms with E-state index in [-0.39, 0.29) is 18.9 Å². The van der Waals surface area contributed by atoms with Crippen molar-refractivity contribution in [3.63, 3.8) is 0 Å². The summed E-state index contributed by atoms with van der Waals surface area (Å²) in [5.41, 5.74) is 0. The number of amides is 1. The Morgan fingerprint density at radius 2 is 1.11 bits per heavy atom. The summed E-state index contributed by atoms with van der Waals surface area (Å²) in [4.78, 5) is 25.2. The van der Waals surface area contributed by atoms with E-state index in [1.54, 1.807) is 6.08 Å². The second kappa shape index (κ2) is 38.0. The van der Waals surface area contributed by atoms with Crippen molar-refractivity contribution in [1.82, 2.24) is 5.32 Å². The number of carbonyl (C=O) groups excluding carboxylic acids is 1. The number of likely N-dealkylation sites (N-methyl/N-ethyl adjacent to an activating group) is 1. The third-order valence-electron chi connectivity index (χ3n) is 8.76. The summed E-state index contributed by atoms with van der Waals surface area (Å²) in [5.74, 6) is -0.274. The zero-order valence-electron chi connectivity index (χ0n) is 36.0. The molecule has 320 valence electrons. The maximum absolute atomic E-state index is 12.8. The fourth-order valence-corrected chi connectivity index (χ4v) is 6.06. The van der Waals surface area contributed by atoms with E-state index in [2.05, 4.69) is 104 Å². The topological polar surface area (TPSA) is 108 Å². The second-order valence-corrected chi connectivity index (χ2v) is 16.7. The third-order valence-corrected chi connectivity index (χ3v) is 9.72. The number of aliphatic hydroxyl groups excluding tert-OH is 1. The number of carbonyl (C=O) groups is 1. The molecule has 0 aliphatic heterocycles. The van der Waals surface area contributed by atoms with Crippen molar-refractivity contribution in [2.75, 3.05) is 40.9 Å². The number of unbranched alkanes of at least 4 members (excludes halogenated alkanes) is 10. The number of nitrogens with zero attached hydrogens (tertiary/aromatic N) is 1. The Balaban J connectivity index is 4.67. The van der Waals surface area contributed by atoms with Gasteiger partial charge in [-0.3, -0.25) is 9.36 Å². The minimum Gasteiger partial charge on any atom is -0.756 e. The highest BCUT2D eigenvalue weighted by molar-refractivity contribution is 7.45. The minimum atomic E-state index is -4.62. The summed E-state index contributed by atoms with van der Waals surface area (Å²) < 4.78 is 23.1. The van der Waals surface area contributed by atoms with E-state index >= 15 is 0 Å². The van der Waals surface area contributed by atoms with Gasteiger partial charge >= 0.3 is 0 Å². The van der Waals surface area contributed by atoms with Gasteiger partial charge in [-0.1, -0.05) is 150 Å². The molecule has 3 unspecified atom stereocenters. The number of nitrogens with one attached hydrogen (secondary N) is 1. The van der Waals surface area contributed by atoms with Crippen molar-refractivity contribution in [2.24, 2.45) is 0 Å². The van der Waals surface area contributed by atoms with E-state index in [9.17, 15) is 19.4 Å². The van der Waals surface area contributed by atoms with Gasteiger partial charge in [0, 0.05) is 6.42 Å². The molecule has 0 saturated carbocycles. The molecule has 0 aromatic carbocycles. The lowest BCUT2D eigenvalue weighted by Crippen LogP contribution is -2.45. The Labute approximate surface area is 343 Å². The monoisotopic (exact) mass is 801 g/mol. The highest BCUT2D eigenvalue weighted by atomic mass is 31.2. The molecule has 0 aromatic rings. The van der Waals surface area contributed by atoms with Crippen molar-refractivity contribution in [2.45, 2.75) is 154 Å². The molecular formula is C47H81N2O6P. The lowest BCUT2D eigenvalue weighted by atomic mass is 10.1. The van der Waals surface area contributed by atoms with Crippen molar-refractivity contribution < 1.29 is 32.9 Å². The summed E-state index contributed by atoms with van der Waals surface area (Å²) in [7, 11) is 1.18. The van der Waals surface area contributed by atoms with Crippen LogP contribution in [0, 0.1) is 0 Å². The molecule has 0 aliphatic carbocycles. The zero-order chi connectivity index (χ0) is 41.4. The summed E-state index contributed by atoms with van der Waals surface area (Å²) in [6.45, 7) is 4.42. The molecule has 0 rings (SSSR count). The fraction of sp³-hybridized carbons (Fsp3) is 0.638. The van der Waals surface area contributed by atoms with Crippen LogP contribution in [0.3, 0.4) is 0 Å². The lowest BCUT2D eigenvalue weighted by Gasteiger charge is -2.29. The van der Waals surface area contributed by atoms with Crippen LogP contribution in [-0.4, -0.2) is 68.5 Å². The zero-order valence-corrected chi connectivity index (χ0v) is 36.9. The van der Waals surface area contributed by atoms with Gasteiger partial charge in [-0.2, -0.15) is 0 Å². The third kappa shape index (κ3) is 39.6. The summed E-state index contributed by atoms with van der Waals surface area (Å²) >= 11 is 0. The van der Waals surface area contributed by atoms with Gasteiger partial charge in [0.2, 0.25) is 5.91 Å². The van der Waals surface area contributed by atoms with Gasteiger partial charge in [0.05, 0.1) is 39.9 Å². The molecule has 0 aromatic heterocycles. The summed E-state index contributed by atoms with van der Waals surface area (Å²) in [6, 6.07) is -0.944. The second-order valence-electron chi connectivity index (χ2n) is 15.3. The number of rotatable bonds is 37. The number of hydrogen-bond acceptors (Lipinski definition) is 6. The van der Waals surface area contributed by atoms with Crippen LogP contribution in [0.15, 0.2) is 97.2 Å². The van der Waals surface area contributed by atoms with Gasteiger partial charge in [-0.15, -0.1) is 0 Å². The Bertz CT molecular complexity index is 1230. The molecular weight excluding hydrogens is 719 g/mol. The number of phosphoric acid groups is 1. The normalized spacial score (nSPS) is 15.3. The van der Waals surface area contributed by atoms with Gasteiger partial charge in [0.15, 0.2) is 0 Å². The van der Waals surface area contributed by atoms with Crippen molar-refractivity contribution in [3.8, 4) is 0 Å². The van der Waals surface area contributed by atoms with Crippen LogP contribution >= 0.6 is 7.82 Å². The smallest absolute Gasteiger partial charge is 0.268 e. The van der Waals surface area contributed by atoms with Gasteiger partial charge < -0.3 is 28.8 Å². The van der Waals surface area contributed by atoms with Crippen LogP contribution in [0.25, 0.3) is 0 Å². The van der Waals surface area contributed by atoms with Crippen LogP contribution in [0.5, 0.6) is 0 Å². The molecule has 2 N–H and O–H groups in total. The Morgan fingerprint density at radius 1 is 0.643 bits per heavy atom. The highest BCUT2D eigenvalue weighted by Crippen LogP contribution is 2.38. The number of hydrogen-bond donors (Lipinski definition) is 2. The number of phosphoric ester groups is 1. The van der Waals surface area contributed by atoms with Gasteiger partial charge in [0.25, 0.3) is 7.82 Å². The molecule has 8 nitrogen and oxygen atoms in total. The van der Waals surface area contributed by atoms with Crippen LogP contribution in [0.4, 0.5) is 0 Å². The van der Waals surface area contributed by atoms with Crippen LogP contribution < -0.4 is 10.2 Å². The van der Waals surface area contributed by atoms with E-state index in [1.165, 1.54) is 44.9 Å². The number of quaternary nitrogens is 1. The van der Waals surface area contributed by atoms with Crippen molar-refractivity contribution in [3.05, 3.63) is 97.2 Å².